The van der Waals surface area contributed by atoms with Gasteiger partial charge in [0.1, 0.15) is 12.6 Å². The van der Waals surface area contributed by atoms with Crippen molar-refractivity contribution in [3.8, 4) is 0 Å². The molecule has 0 unspecified atom stereocenters. The molecule has 4 rings (SSSR count). The lowest BCUT2D eigenvalue weighted by Gasteiger charge is -2.32. The summed E-state index contributed by atoms with van der Waals surface area (Å²) in [4.78, 5) is 28.1. The van der Waals surface area contributed by atoms with E-state index in [1.54, 1.807) is 0 Å². The zero-order valence-corrected chi connectivity index (χ0v) is 19.0. The molecule has 0 amide bonds. The Kier molecular flexibility index (Phi) is 6.90. The number of carbonyl (C=O) groups is 2. The van der Waals surface area contributed by atoms with E-state index in [0.717, 1.165) is 16.7 Å². The number of nitrogens with zero attached hydrogens (tertiary/aromatic N) is 1. The van der Waals surface area contributed by atoms with Crippen molar-refractivity contribution in [1.82, 2.24) is 4.90 Å². The minimum atomic E-state index is -0.925. The third-order valence-corrected chi connectivity index (χ3v) is 5.90. The number of carbonyl (C=O) groups excluding carboxylic acids is 2. The fourth-order valence-electron chi connectivity index (χ4n) is 4.12. The number of rotatable bonds is 8. The van der Waals surface area contributed by atoms with Crippen LogP contribution in [0.3, 0.4) is 0 Å². The summed E-state index contributed by atoms with van der Waals surface area (Å²) in [5.41, 5.74) is 2.42. The van der Waals surface area contributed by atoms with Crippen LogP contribution in [0, 0.1) is 5.41 Å². The standard InChI is InChI=1S/C28H29NO4/c1-28(2)20-32-27(31)25(28)33-26(30)24(23-16-10-5-11-17-23)29(18-21-12-6-3-7-13-21)19-22-14-8-4-9-15-22/h3-17,24-25H,18-20H2,1-2H3/t24-,25-/m0/s1. The van der Waals surface area contributed by atoms with Crippen LogP contribution in [0.25, 0.3) is 0 Å². The van der Waals surface area contributed by atoms with Crippen LogP contribution in [0.5, 0.6) is 0 Å². The average Bonchev–Trinajstić information content (AvgIpc) is 3.08. The van der Waals surface area contributed by atoms with Gasteiger partial charge in [-0.25, -0.2) is 9.59 Å². The van der Waals surface area contributed by atoms with E-state index in [2.05, 4.69) is 4.90 Å². The zero-order chi connectivity index (χ0) is 23.3. The Hall–Kier alpha value is -3.44. The molecule has 0 aromatic heterocycles. The molecule has 3 aromatic carbocycles. The highest BCUT2D eigenvalue weighted by atomic mass is 16.6. The molecule has 33 heavy (non-hydrogen) atoms. The lowest BCUT2D eigenvalue weighted by molar-refractivity contribution is -0.168. The van der Waals surface area contributed by atoms with Crippen LogP contribution in [-0.2, 0) is 32.2 Å². The minimum Gasteiger partial charge on any atom is -0.462 e. The van der Waals surface area contributed by atoms with Gasteiger partial charge in [0, 0.05) is 18.5 Å². The van der Waals surface area contributed by atoms with Crippen molar-refractivity contribution >= 4 is 11.9 Å². The minimum absolute atomic E-state index is 0.234. The van der Waals surface area contributed by atoms with Gasteiger partial charge < -0.3 is 9.47 Å². The number of benzene rings is 3. The molecular weight excluding hydrogens is 414 g/mol. The smallest absolute Gasteiger partial charge is 0.348 e. The summed E-state index contributed by atoms with van der Waals surface area (Å²) in [6.45, 7) is 5.07. The van der Waals surface area contributed by atoms with Gasteiger partial charge in [0.25, 0.3) is 0 Å². The van der Waals surface area contributed by atoms with E-state index in [1.807, 2.05) is 105 Å². The van der Waals surface area contributed by atoms with Gasteiger partial charge in [-0.1, -0.05) is 105 Å². The molecule has 0 spiro atoms. The van der Waals surface area contributed by atoms with Crippen molar-refractivity contribution < 1.29 is 19.1 Å². The first-order chi connectivity index (χ1) is 15.9. The molecule has 0 radical (unpaired) electrons. The first-order valence-electron chi connectivity index (χ1n) is 11.2. The predicted octanol–water partition coefficient (Wildman–Crippen LogP) is 4.92. The van der Waals surface area contributed by atoms with Crippen LogP contribution in [-0.4, -0.2) is 29.5 Å². The van der Waals surface area contributed by atoms with Gasteiger partial charge in [-0.05, 0) is 16.7 Å². The van der Waals surface area contributed by atoms with Crippen LogP contribution < -0.4 is 0 Å². The summed E-state index contributed by atoms with van der Waals surface area (Å²) in [6.07, 6.45) is -0.925. The van der Waals surface area contributed by atoms with Gasteiger partial charge in [-0.2, -0.15) is 0 Å². The molecule has 1 aliphatic heterocycles. The van der Waals surface area contributed by atoms with Gasteiger partial charge in [0.2, 0.25) is 6.10 Å². The van der Waals surface area contributed by atoms with E-state index in [9.17, 15) is 9.59 Å². The Balaban J connectivity index is 1.70. The van der Waals surface area contributed by atoms with Crippen molar-refractivity contribution in [2.75, 3.05) is 6.61 Å². The van der Waals surface area contributed by atoms with Crippen molar-refractivity contribution in [1.29, 1.82) is 0 Å². The van der Waals surface area contributed by atoms with Crippen LogP contribution in [0.2, 0.25) is 0 Å². The predicted molar refractivity (Wildman–Crippen MR) is 126 cm³/mol. The molecule has 170 valence electrons. The molecule has 2 atom stereocenters. The third-order valence-electron chi connectivity index (χ3n) is 5.90. The van der Waals surface area contributed by atoms with Crippen LogP contribution in [0.4, 0.5) is 0 Å². The monoisotopic (exact) mass is 443 g/mol. The number of hydrogen-bond acceptors (Lipinski definition) is 5. The lowest BCUT2D eigenvalue weighted by Crippen LogP contribution is -2.40. The Bertz CT molecular complexity index is 1030. The summed E-state index contributed by atoms with van der Waals surface area (Å²) < 4.78 is 11.0. The first kappa shape index (κ1) is 22.7. The summed E-state index contributed by atoms with van der Waals surface area (Å²) in [7, 11) is 0. The molecule has 1 aliphatic rings. The highest BCUT2D eigenvalue weighted by Crippen LogP contribution is 2.34. The van der Waals surface area contributed by atoms with Crippen molar-refractivity contribution in [2.24, 2.45) is 5.41 Å². The quantitative estimate of drug-likeness (QED) is 0.462. The molecule has 0 aliphatic carbocycles. The summed E-state index contributed by atoms with van der Waals surface area (Å²) >= 11 is 0. The second kappa shape index (κ2) is 10.0. The maximum Gasteiger partial charge on any atom is 0.348 e. The second-order valence-electron chi connectivity index (χ2n) is 9.10. The summed E-state index contributed by atoms with van der Waals surface area (Å²) in [5.74, 6) is -0.942. The third kappa shape index (κ3) is 5.49. The highest BCUT2D eigenvalue weighted by molar-refractivity contribution is 5.84. The Labute approximate surface area is 194 Å². The van der Waals surface area contributed by atoms with Gasteiger partial charge in [-0.3, -0.25) is 4.90 Å². The summed E-state index contributed by atoms with van der Waals surface area (Å²) in [6, 6.07) is 29.0. The van der Waals surface area contributed by atoms with E-state index in [-0.39, 0.29) is 6.61 Å². The molecule has 1 saturated heterocycles. The molecule has 0 bridgehead atoms. The van der Waals surface area contributed by atoms with E-state index in [1.165, 1.54) is 0 Å². The fraction of sp³-hybridized carbons (Fsp3) is 0.286. The van der Waals surface area contributed by atoms with Crippen LogP contribution in [0.1, 0.15) is 36.6 Å². The topological polar surface area (TPSA) is 55.8 Å². The number of ether oxygens (including phenoxy) is 2. The highest BCUT2D eigenvalue weighted by Gasteiger charge is 2.47. The molecule has 5 nitrogen and oxygen atoms in total. The Morgan fingerprint density at radius 2 is 1.39 bits per heavy atom. The fourth-order valence-corrected chi connectivity index (χ4v) is 4.12. The molecule has 1 fully saturated rings. The summed E-state index contributed by atoms with van der Waals surface area (Å²) in [5, 5.41) is 0. The SMILES string of the molecule is CC1(C)COC(=O)[C@@H]1OC(=O)[C@H](c1ccccc1)N(Cc1ccccc1)Cc1ccccc1. The van der Waals surface area contributed by atoms with E-state index in [0.29, 0.717) is 13.1 Å². The number of hydrogen-bond donors (Lipinski definition) is 0. The van der Waals surface area contributed by atoms with Crippen molar-refractivity contribution in [3.63, 3.8) is 0 Å². The second-order valence-corrected chi connectivity index (χ2v) is 9.10. The molecule has 1 heterocycles. The van der Waals surface area contributed by atoms with Gasteiger partial charge in [0.15, 0.2) is 0 Å². The maximum absolute atomic E-state index is 13.7. The van der Waals surface area contributed by atoms with E-state index in [4.69, 9.17) is 9.47 Å². The van der Waals surface area contributed by atoms with Gasteiger partial charge in [-0.15, -0.1) is 0 Å². The molecule has 5 heteroatoms. The van der Waals surface area contributed by atoms with Crippen LogP contribution in [0.15, 0.2) is 91.0 Å². The number of cyclic esters (lactones) is 1. The van der Waals surface area contributed by atoms with E-state index >= 15 is 0 Å². The number of esters is 2. The van der Waals surface area contributed by atoms with Crippen molar-refractivity contribution in [2.45, 2.75) is 39.1 Å². The molecular formula is C28H29NO4. The van der Waals surface area contributed by atoms with Crippen LogP contribution >= 0.6 is 0 Å². The first-order valence-corrected chi connectivity index (χ1v) is 11.2. The van der Waals surface area contributed by atoms with Gasteiger partial charge >= 0.3 is 11.9 Å². The Morgan fingerprint density at radius 1 is 0.909 bits per heavy atom. The van der Waals surface area contributed by atoms with Gasteiger partial charge in [0.05, 0.1) is 0 Å². The van der Waals surface area contributed by atoms with Crippen molar-refractivity contribution in [3.05, 3.63) is 108 Å². The zero-order valence-electron chi connectivity index (χ0n) is 19.0. The molecule has 3 aromatic rings. The molecule has 0 N–H and O–H groups in total. The maximum atomic E-state index is 13.7. The largest absolute Gasteiger partial charge is 0.462 e. The lowest BCUT2D eigenvalue weighted by atomic mass is 9.89. The van der Waals surface area contributed by atoms with E-state index < -0.39 is 29.5 Å². The average molecular weight is 444 g/mol. The molecule has 0 saturated carbocycles. The Morgan fingerprint density at radius 3 is 1.85 bits per heavy atom. The normalized spacial score (nSPS) is 18.0.